The molecule has 0 aromatic carbocycles. The van der Waals surface area contributed by atoms with Crippen molar-refractivity contribution < 1.29 is 20.1 Å². The Kier molecular flexibility index (Phi) is 2.77. The van der Waals surface area contributed by atoms with Crippen LogP contribution in [0.2, 0.25) is 0 Å². The van der Waals surface area contributed by atoms with Crippen LogP contribution in [0.25, 0.3) is 10.8 Å². The molecule has 0 bridgehead atoms. The smallest absolute Gasteiger partial charge is 0.182 e. The maximum absolute atomic E-state index is 10.2. The van der Waals surface area contributed by atoms with Crippen LogP contribution in [0.5, 0.6) is 0 Å². The molecule has 4 heterocycles. The lowest BCUT2D eigenvalue weighted by molar-refractivity contribution is -0.0516. The topological polar surface area (TPSA) is 163 Å². The highest BCUT2D eigenvalue weighted by molar-refractivity contribution is 6.05. The van der Waals surface area contributed by atoms with Crippen LogP contribution in [0.1, 0.15) is 6.23 Å². The molecule has 0 spiro atoms. The summed E-state index contributed by atoms with van der Waals surface area (Å²) in [5.41, 5.74) is 8.44. The molecule has 4 atom stereocenters. The number of aliphatic hydroxyl groups excluding tert-OH is 3. The Balaban J connectivity index is 1.89. The Hall–Kier alpha value is -2.34. The summed E-state index contributed by atoms with van der Waals surface area (Å²) < 4.78 is 7.01. The highest BCUT2D eigenvalue weighted by Crippen LogP contribution is 2.42. The van der Waals surface area contributed by atoms with Gasteiger partial charge in [0.05, 0.1) is 12.0 Å². The molecule has 11 nitrogen and oxygen atoms in total. The molecule has 6 N–H and O–H groups in total. The molecule has 2 aliphatic heterocycles. The molecule has 0 radical (unpaired) electrons. The van der Waals surface area contributed by atoms with Crippen molar-refractivity contribution in [3.63, 3.8) is 0 Å². The number of hydrogen-bond donors (Lipinski definition) is 5. The third-order valence-corrected chi connectivity index (χ3v) is 3.87. The van der Waals surface area contributed by atoms with Crippen molar-refractivity contribution in [1.29, 1.82) is 0 Å². The standard InChI is InChI=1S/C11H13N7O4/c12-8-3-1-18(11-7(21)6(20)4(2-19)22-11)10-5(3)9(14-13-8)15-17-16-10/h1,4,6-7,11,19-21H,2H2,(H2,12,13)(H,14,15,16)/t4-,6-,7-,11-/m1/s1. The van der Waals surface area contributed by atoms with Crippen molar-refractivity contribution in [3.8, 4) is 0 Å². The Morgan fingerprint density at radius 3 is 2.86 bits per heavy atom. The van der Waals surface area contributed by atoms with E-state index in [4.69, 9.17) is 10.5 Å². The van der Waals surface area contributed by atoms with Gasteiger partial charge in [0.25, 0.3) is 0 Å². The molecule has 4 rings (SSSR count). The van der Waals surface area contributed by atoms with Gasteiger partial charge in [-0.3, -0.25) is 0 Å². The van der Waals surface area contributed by atoms with Gasteiger partial charge in [-0.25, -0.2) is 5.43 Å². The number of aliphatic hydroxyl groups is 3. The quantitative estimate of drug-likeness (QED) is 0.474. The van der Waals surface area contributed by atoms with Crippen molar-refractivity contribution in [1.82, 2.24) is 14.8 Å². The minimum Gasteiger partial charge on any atom is -0.394 e. The molecule has 2 aromatic rings. The summed E-state index contributed by atoms with van der Waals surface area (Å²) in [6, 6.07) is 0. The molecule has 0 amide bonds. The predicted octanol–water partition coefficient (Wildman–Crippen LogP) is -0.951. The molecule has 116 valence electrons. The molecule has 22 heavy (non-hydrogen) atoms. The fourth-order valence-corrected chi connectivity index (χ4v) is 2.75. The van der Waals surface area contributed by atoms with Crippen molar-refractivity contribution in [2.75, 3.05) is 17.8 Å². The maximum Gasteiger partial charge on any atom is 0.182 e. The first-order chi connectivity index (χ1) is 10.6. The summed E-state index contributed by atoms with van der Waals surface area (Å²) in [7, 11) is 0. The number of anilines is 2. The maximum atomic E-state index is 10.2. The summed E-state index contributed by atoms with van der Waals surface area (Å²) in [5.74, 6) is 0.962. The number of nitrogen functional groups attached to an aromatic ring is 1. The molecule has 0 aliphatic carbocycles. The summed E-state index contributed by atoms with van der Waals surface area (Å²) in [5, 5.41) is 45.8. The minimum atomic E-state index is -1.23. The van der Waals surface area contributed by atoms with Crippen LogP contribution < -0.4 is 11.2 Å². The zero-order valence-corrected chi connectivity index (χ0v) is 11.2. The lowest BCUT2D eigenvalue weighted by Gasteiger charge is -2.18. The Morgan fingerprint density at radius 1 is 1.32 bits per heavy atom. The second kappa shape index (κ2) is 4.58. The molecule has 2 aromatic heterocycles. The van der Waals surface area contributed by atoms with E-state index in [1.165, 1.54) is 4.57 Å². The van der Waals surface area contributed by atoms with Crippen LogP contribution in [-0.2, 0) is 4.74 Å². The zero-order chi connectivity index (χ0) is 15.4. The van der Waals surface area contributed by atoms with E-state index in [9.17, 15) is 15.3 Å². The van der Waals surface area contributed by atoms with E-state index in [0.29, 0.717) is 22.4 Å². The van der Waals surface area contributed by atoms with Gasteiger partial charge < -0.3 is 30.4 Å². The first kappa shape index (κ1) is 13.3. The normalized spacial score (nSPS) is 30.0. The average Bonchev–Trinajstić information content (AvgIpc) is 3.04. The van der Waals surface area contributed by atoms with Gasteiger partial charge >= 0.3 is 0 Å². The fourth-order valence-electron chi connectivity index (χ4n) is 2.75. The summed E-state index contributed by atoms with van der Waals surface area (Å²) in [6.07, 6.45) is -2.65. The van der Waals surface area contributed by atoms with Gasteiger partial charge in [-0.15, -0.1) is 15.3 Å². The van der Waals surface area contributed by atoms with E-state index in [-0.39, 0.29) is 5.82 Å². The molecular weight excluding hydrogens is 294 g/mol. The van der Waals surface area contributed by atoms with Crippen LogP contribution in [0, 0.1) is 0 Å². The molecule has 0 saturated carbocycles. The highest BCUT2D eigenvalue weighted by Gasteiger charge is 2.44. The minimum absolute atomic E-state index is 0.199. The largest absolute Gasteiger partial charge is 0.394 e. The van der Waals surface area contributed by atoms with Gasteiger partial charge in [-0.1, -0.05) is 5.22 Å². The molecule has 1 fully saturated rings. The number of nitrogens with one attached hydrogen (secondary N) is 1. The van der Waals surface area contributed by atoms with Gasteiger partial charge in [0, 0.05) is 11.6 Å². The van der Waals surface area contributed by atoms with Gasteiger partial charge in [0.1, 0.15) is 18.3 Å². The Morgan fingerprint density at radius 2 is 2.14 bits per heavy atom. The molecule has 1 saturated heterocycles. The molecule has 0 unspecified atom stereocenters. The van der Waals surface area contributed by atoms with Crippen LogP contribution in [0.15, 0.2) is 16.5 Å². The van der Waals surface area contributed by atoms with Crippen molar-refractivity contribution in [2.24, 2.45) is 10.3 Å². The van der Waals surface area contributed by atoms with E-state index >= 15 is 0 Å². The van der Waals surface area contributed by atoms with E-state index in [1.807, 2.05) is 0 Å². The van der Waals surface area contributed by atoms with Gasteiger partial charge in [-0.2, -0.15) is 0 Å². The molecule has 2 aliphatic rings. The zero-order valence-electron chi connectivity index (χ0n) is 11.2. The SMILES string of the molecule is Nc1nnc2c3c(n([C@@H]4O[C@H](CO)[C@@H](O)[C@H]4O)cc13)N=NN2. The lowest BCUT2D eigenvalue weighted by atomic mass is 10.1. The third kappa shape index (κ3) is 1.64. The lowest BCUT2D eigenvalue weighted by Crippen LogP contribution is -2.33. The van der Waals surface area contributed by atoms with E-state index in [0.717, 1.165) is 0 Å². The van der Waals surface area contributed by atoms with Gasteiger partial charge in [-0.05, 0) is 0 Å². The fraction of sp³-hybridized carbons (Fsp3) is 0.455. The van der Waals surface area contributed by atoms with Gasteiger partial charge in [0.2, 0.25) is 0 Å². The number of aromatic nitrogens is 3. The van der Waals surface area contributed by atoms with Crippen LogP contribution in [0.4, 0.5) is 17.5 Å². The van der Waals surface area contributed by atoms with Gasteiger partial charge in [0.15, 0.2) is 23.7 Å². The Labute approximate surface area is 123 Å². The van der Waals surface area contributed by atoms with Crippen LogP contribution >= 0.6 is 0 Å². The van der Waals surface area contributed by atoms with E-state index < -0.39 is 31.1 Å². The Bertz CT molecular complexity index is 775. The van der Waals surface area contributed by atoms with Crippen LogP contribution in [0.3, 0.4) is 0 Å². The van der Waals surface area contributed by atoms with Crippen molar-refractivity contribution in [3.05, 3.63) is 6.20 Å². The van der Waals surface area contributed by atoms with Crippen molar-refractivity contribution >= 4 is 28.2 Å². The first-order valence-corrected chi connectivity index (χ1v) is 6.57. The van der Waals surface area contributed by atoms with Crippen molar-refractivity contribution in [2.45, 2.75) is 24.5 Å². The second-order valence-electron chi connectivity index (χ2n) is 5.12. The molecular formula is C11H13N7O4. The first-order valence-electron chi connectivity index (χ1n) is 6.57. The number of rotatable bonds is 2. The average molecular weight is 307 g/mol. The summed E-state index contributed by atoms with van der Waals surface area (Å²) in [6.45, 7) is -0.412. The van der Waals surface area contributed by atoms with E-state index in [1.54, 1.807) is 6.20 Å². The summed E-state index contributed by atoms with van der Waals surface area (Å²) in [4.78, 5) is 0. The number of hydrogen-bond acceptors (Lipinski definition) is 10. The second-order valence-corrected chi connectivity index (χ2v) is 5.12. The monoisotopic (exact) mass is 307 g/mol. The highest BCUT2D eigenvalue weighted by atomic mass is 16.6. The number of nitrogens with zero attached hydrogens (tertiary/aromatic N) is 5. The summed E-state index contributed by atoms with van der Waals surface area (Å²) >= 11 is 0. The van der Waals surface area contributed by atoms with Crippen LogP contribution in [-0.4, -0.2) is 55.0 Å². The number of ether oxygens (including phenoxy) is 1. The molecule has 11 heteroatoms. The third-order valence-electron chi connectivity index (χ3n) is 3.87. The number of nitrogens with two attached hydrogens (primary N) is 1. The van der Waals surface area contributed by atoms with E-state index in [2.05, 4.69) is 26.0 Å². The predicted molar refractivity (Wildman–Crippen MR) is 73.1 cm³/mol.